The molecule has 2 amide bonds. The summed E-state index contributed by atoms with van der Waals surface area (Å²) in [4.78, 5) is 23.3. The highest BCUT2D eigenvalue weighted by molar-refractivity contribution is 5.97. The average molecular weight is 263 g/mol. The number of amides is 2. The molecule has 0 spiro atoms. The van der Waals surface area contributed by atoms with Crippen LogP contribution in [0.1, 0.15) is 29.8 Å². The molecule has 5 nitrogen and oxygen atoms in total. The fraction of sp³-hybridized carbons (Fsp3) is 0.429. The monoisotopic (exact) mass is 263 g/mol. The molecule has 1 aromatic carbocycles. The number of nitrogens with one attached hydrogen (secondary N) is 2. The van der Waals surface area contributed by atoms with Gasteiger partial charge in [-0.15, -0.1) is 0 Å². The fourth-order valence-electron chi connectivity index (χ4n) is 1.88. The molecule has 0 saturated carbocycles. The topological polar surface area (TPSA) is 84.2 Å². The van der Waals surface area contributed by atoms with E-state index in [0.717, 1.165) is 11.3 Å². The Morgan fingerprint density at radius 2 is 1.89 bits per heavy atom. The Morgan fingerprint density at radius 1 is 1.26 bits per heavy atom. The van der Waals surface area contributed by atoms with Gasteiger partial charge in [-0.3, -0.25) is 9.59 Å². The molecule has 0 saturated heterocycles. The molecule has 0 aliphatic carbocycles. The van der Waals surface area contributed by atoms with E-state index < -0.39 is 11.9 Å². The zero-order chi connectivity index (χ0) is 14.6. The van der Waals surface area contributed by atoms with Gasteiger partial charge in [0.15, 0.2) is 0 Å². The molecule has 0 radical (unpaired) electrons. The van der Waals surface area contributed by atoms with Crippen LogP contribution in [0.4, 0.5) is 5.69 Å². The number of primary amides is 1. The van der Waals surface area contributed by atoms with E-state index >= 15 is 0 Å². The van der Waals surface area contributed by atoms with Crippen molar-refractivity contribution >= 4 is 17.5 Å². The first-order valence-corrected chi connectivity index (χ1v) is 6.25. The van der Waals surface area contributed by atoms with Crippen LogP contribution in [0.25, 0.3) is 0 Å². The van der Waals surface area contributed by atoms with E-state index in [1.54, 1.807) is 12.1 Å². The van der Waals surface area contributed by atoms with Crippen molar-refractivity contribution in [3.05, 3.63) is 29.3 Å². The van der Waals surface area contributed by atoms with E-state index in [9.17, 15) is 9.59 Å². The number of carbonyl (C=O) groups excluding carboxylic acids is 2. The van der Waals surface area contributed by atoms with Crippen molar-refractivity contribution in [3.63, 3.8) is 0 Å². The lowest BCUT2D eigenvalue weighted by Crippen LogP contribution is -2.47. The van der Waals surface area contributed by atoms with Crippen molar-refractivity contribution in [2.24, 2.45) is 11.7 Å². The summed E-state index contributed by atoms with van der Waals surface area (Å²) >= 11 is 0. The normalized spacial score (nSPS) is 12.1. The Hall–Kier alpha value is -2.04. The molecular formula is C14H21N3O2. The van der Waals surface area contributed by atoms with E-state index in [4.69, 9.17) is 5.73 Å². The largest absolute Gasteiger partial charge is 0.388 e. The molecule has 5 heteroatoms. The van der Waals surface area contributed by atoms with Gasteiger partial charge in [0.2, 0.25) is 5.91 Å². The highest BCUT2D eigenvalue weighted by Gasteiger charge is 2.22. The van der Waals surface area contributed by atoms with Crippen LogP contribution in [0.2, 0.25) is 0 Å². The Labute approximate surface area is 113 Å². The van der Waals surface area contributed by atoms with Crippen molar-refractivity contribution in [3.8, 4) is 0 Å². The lowest BCUT2D eigenvalue weighted by Gasteiger charge is -2.19. The van der Waals surface area contributed by atoms with Crippen LogP contribution in [0, 0.1) is 12.8 Å². The van der Waals surface area contributed by atoms with Crippen molar-refractivity contribution in [1.29, 1.82) is 0 Å². The Bertz CT molecular complexity index is 484. The molecule has 0 aromatic heterocycles. The van der Waals surface area contributed by atoms with Crippen molar-refractivity contribution in [2.75, 3.05) is 12.4 Å². The fourth-order valence-corrected chi connectivity index (χ4v) is 1.88. The summed E-state index contributed by atoms with van der Waals surface area (Å²) in [6.45, 7) is 5.59. The molecular weight excluding hydrogens is 242 g/mol. The quantitative estimate of drug-likeness (QED) is 0.748. The third-order valence-electron chi connectivity index (χ3n) is 3.02. The lowest BCUT2D eigenvalue weighted by atomic mass is 10.0. The van der Waals surface area contributed by atoms with Crippen LogP contribution >= 0.6 is 0 Å². The Kier molecular flexibility index (Phi) is 4.92. The molecule has 4 N–H and O–H groups in total. The van der Waals surface area contributed by atoms with E-state index in [0.29, 0.717) is 5.56 Å². The molecule has 19 heavy (non-hydrogen) atoms. The second-order valence-electron chi connectivity index (χ2n) is 4.88. The van der Waals surface area contributed by atoms with Gasteiger partial charge in [0.1, 0.15) is 6.04 Å². The second kappa shape index (κ2) is 6.22. The number of carbonyl (C=O) groups is 2. The SMILES string of the molecule is CNc1ccc(C(=O)NC(C(N)=O)C(C)C)cc1C. The maximum absolute atomic E-state index is 12.1. The molecule has 0 aliphatic heterocycles. The minimum Gasteiger partial charge on any atom is -0.388 e. The lowest BCUT2D eigenvalue weighted by molar-refractivity contribution is -0.120. The predicted octanol–water partition coefficient (Wildman–Crippen LogP) is 1.28. The summed E-state index contributed by atoms with van der Waals surface area (Å²) in [5, 5.41) is 5.70. The number of rotatable bonds is 5. The first-order chi connectivity index (χ1) is 8.86. The van der Waals surface area contributed by atoms with Gasteiger partial charge in [0, 0.05) is 18.3 Å². The Balaban J connectivity index is 2.89. The summed E-state index contributed by atoms with van der Waals surface area (Å²) in [5.74, 6) is -0.853. The summed E-state index contributed by atoms with van der Waals surface area (Å²) in [7, 11) is 1.82. The van der Waals surface area contributed by atoms with Gasteiger partial charge in [0.05, 0.1) is 0 Å². The van der Waals surface area contributed by atoms with Crippen LogP contribution in [-0.2, 0) is 4.79 Å². The number of hydrogen-bond donors (Lipinski definition) is 3. The van der Waals surface area contributed by atoms with Gasteiger partial charge in [-0.1, -0.05) is 13.8 Å². The zero-order valence-corrected chi connectivity index (χ0v) is 11.8. The van der Waals surface area contributed by atoms with Crippen molar-refractivity contribution in [2.45, 2.75) is 26.8 Å². The zero-order valence-electron chi connectivity index (χ0n) is 11.8. The molecule has 0 aliphatic rings. The van der Waals surface area contributed by atoms with Gasteiger partial charge in [0.25, 0.3) is 5.91 Å². The second-order valence-corrected chi connectivity index (χ2v) is 4.88. The minimum absolute atomic E-state index is 0.0425. The number of benzene rings is 1. The van der Waals surface area contributed by atoms with Crippen LogP contribution < -0.4 is 16.4 Å². The number of aryl methyl sites for hydroxylation is 1. The molecule has 1 aromatic rings. The maximum atomic E-state index is 12.1. The average Bonchev–Trinajstić information content (AvgIpc) is 2.34. The molecule has 0 heterocycles. The van der Waals surface area contributed by atoms with Gasteiger partial charge in [-0.2, -0.15) is 0 Å². The van der Waals surface area contributed by atoms with Crippen molar-refractivity contribution < 1.29 is 9.59 Å². The van der Waals surface area contributed by atoms with Crippen LogP contribution in [0.15, 0.2) is 18.2 Å². The van der Waals surface area contributed by atoms with Crippen molar-refractivity contribution in [1.82, 2.24) is 5.32 Å². The highest BCUT2D eigenvalue weighted by atomic mass is 16.2. The molecule has 104 valence electrons. The third kappa shape index (κ3) is 3.71. The van der Waals surface area contributed by atoms with Gasteiger partial charge in [-0.05, 0) is 36.6 Å². The van der Waals surface area contributed by atoms with E-state index in [-0.39, 0.29) is 11.8 Å². The van der Waals surface area contributed by atoms with Crippen LogP contribution in [0.3, 0.4) is 0 Å². The highest BCUT2D eigenvalue weighted by Crippen LogP contribution is 2.16. The first kappa shape index (κ1) is 15.0. The number of hydrogen-bond acceptors (Lipinski definition) is 3. The summed E-state index contributed by atoms with van der Waals surface area (Å²) in [6, 6.07) is 4.67. The van der Waals surface area contributed by atoms with Crippen LogP contribution in [0.5, 0.6) is 0 Å². The third-order valence-corrected chi connectivity index (χ3v) is 3.02. The first-order valence-electron chi connectivity index (χ1n) is 6.25. The van der Waals surface area contributed by atoms with Gasteiger partial charge < -0.3 is 16.4 Å². The number of anilines is 1. The molecule has 0 fully saturated rings. The molecule has 0 bridgehead atoms. The minimum atomic E-state index is -0.656. The smallest absolute Gasteiger partial charge is 0.251 e. The number of nitrogens with two attached hydrogens (primary N) is 1. The molecule has 1 rings (SSSR count). The Morgan fingerprint density at radius 3 is 2.32 bits per heavy atom. The molecule has 1 atom stereocenters. The standard InChI is InChI=1S/C14H21N3O2/c1-8(2)12(13(15)18)17-14(19)10-5-6-11(16-4)9(3)7-10/h5-8,12,16H,1-4H3,(H2,15,18)(H,17,19). The van der Waals surface area contributed by atoms with Crippen LogP contribution in [-0.4, -0.2) is 24.9 Å². The summed E-state index contributed by atoms with van der Waals surface area (Å²) in [6.07, 6.45) is 0. The predicted molar refractivity (Wildman–Crippen MR) is 76.0 cm³/mol. The summed E-state index contributed by atoms with van der Waals surface area (Å²) < 4.78 is 0. The van der Waals surface area contributed by atoms with Gasteiger partial charge >= 0.3 is 0 Å². The van der Waals surface area contributed by atoms with E-state index in [2.05, 4.69) is 10.6 Å². The van der Waals surface area contributed by atoms with E-state index in [1.165, 1.54) is 0 Å². The van der Waals surface area contributed by atoms with E-state index in [1.807, 2.05) is 33.9 Å². The maximum Gasteiger partial charge on any atom is 0.251 e. The molecule has 1 unspecified atom stereocenters. The van der Waals surface area contributed by atoms with Gasteiger partial charge in [-0.25, -0.2) is 0 Å². The summed E-state index contributed by atoms with van der Waals surface area (Å²) in [5.41, 5.74) is 7.73.